The molecule has 1 aromatic carbocycles. The quantitative estimate of drug-likeness (QED) is 0.592. The lowest BCUT2D eigenvalue weighted by molar-refractivity contribution is -0.142. The van der Waals surface area contributed by atoms with Crippen LogP contribution in [-0.2, 0) is 9.53 Å². The molecule has 5 nitrogen and oxygen atoms in total. The number of carbonyl (C=O) groups is 1. The normalized spacial score (nSPS) is 10.2. The molecule has 0 fully saturated rings. The third kappa shape index (κ3) is 2.63. The smallest absolute Gasteiger partial charge is 0.343 e. The number of rotatable bonds is 3. The molecule has 0 bridgehead atoms. The van der Waals surface area contributed by atoms with E-state index in [1.54, 1.807) is 24.3 Å². The van der Waals surface area contributed by atoms with E-state index < -0.39 is 11.6 Å². The predicted octanol–water partition coefficient (Wildman–Crippen LogP) is 1.34. The van der Waals surface area contributed by atoms with Crippen LogP contribution in [-0.4, -0.2) is 19.7 Å². The van der Waals surface area contributed by atoms with Crippen molar-refractivity contribution in [3.63, 3.8) is 0 Å². The molecule has 17 heavy (non-hydrogen) atoms. The van der Waals surface area contributed by atoms with Crippen LogP contribution in [0.5, 0.6) is 5.75 Å². The first-order valence-electron chi connectivity index (χ1n) is 4.92. The lowest BCUT2D eigenvalue weighted by Crippen LogP contribution is -2.12. The number of fused-ring (bicyclic) bond motifs is 1. The molecule has 5 heteroatoms. The Morgan fingerprint density at radius 2 is 2.12 bits per heavy atom. The van der Waals surface area contributed by atoms with Crippen molar-refractivity contribution in [2.24, 2.45) is 0 Å². The zero-order valence-electron chi connectivity index (χ0n) is 9.14. The largest absolute Gasteiger partial charge is 0.482 e. The second-order valence-electron chi connectivity index (χ2n) is 3.32. The van der Waals surface area contributed by atoms with Gasteiger partial charge in [0.15, 0.2) is 6.61 Å². The highest BCUT2D eigenvalue weighted by Crippen LogP contribution is 2.19. The van der Waals surface area contributed by atoms with Crippen molar-refractivity contribution in [1.82, 2.24) is 0 Å². The second kappa shape index (κ2) is 4.69. The van der Waals surface area contributed by atoms with E-state index in [1.165, 1.54) is 13.2 Å². The van der Waals surface area contributed by atoms with Gasteiger partial charge in [0.05, 0.1) is 7.11 Å². The predicted molar refractivity (Wildman–Crippen MR) is 60.0 cm³/mol. The summed E-state index contributed by atoms with van der Waals surface area (Å²) in [4.78, 5) is 21.8. The first-order chi connectivity index (χ1) is 8.19. The van der Waals surface area contributed by atoms with Gasteiger partial charge in [-0.2, -0.15) is 0 Å². The summed E-state index contributed by atoms with van der Waals surface area (Å²) in [6.45, 7) is -0.154. The van der Waals surface area contributed by atoms with Crippen LogP contribution in [0.4, 0.5) is 0 Å². The lowest BCUT2D eigenvalue weighted by Gasteiger charge is -2.05. The van der Waals surface area contributed by atoms with Gasteiger partial charge < -0.3 is 13.9 Å². The van der Waals surface area contributed by atoms with Crippen LogP contribution in [0.15, 0.2) is 39.5 Å². The molecule has 0 unspecified atom stereocenters. The topological polar surface area (TPSA) is 65.7 Å². The van der Waals surface area contributed by atoms with Gasteiger partial charge in [0.2, 0.25) is 0 Å². The van der Waals surface area contributed by atoms with Gasteiger partial charge in [0.25, 0.3) is 0 Å². The minimum absolute atomic E-state index is 0.154. The molecule has 0 spiro atoms. The molecule has 0 aliphatic carbocycles. The van der Waals surface area contributed by atoms with Crippen LogP contribution in [0, 0.1) is 0 Å². The van der Waals surface area contributed by atoms with Gasteiger partial charge in [-0.05, 0) is 24.3 Å². The first-order valence-corrected chi connectivity index (χ1v) is 4.92. The maximum Gasteiger partial charge on any atom is 0.343 e. The summed E-state index contributed by atoms with van der Waals surface area (Å²) in [6, 6.07) is 7.87. The van der Waals surface area contributed by atoms with Crippen molar-refractivity contribution in [3.8, 4) is 5.75 Å². The average molecular weight is 234 g/mol. The van der Waals surface area contributed by atoms with Crippen LogP contribution in [0.25, 0.3) is 11.0 Å². The summed E-state index contributed by atoms with van der Waals surface area (Å²) >= 11 is 0. The molecule has 0 atom stereocenters. The molecule has 1 aromatic heterocycles. The van der Waals surface area contributed by atoms with E-state index in [0.717, 1.165) is 5.39 Å². The van der Waals surface area contributed by atoms with Crippen molar-refractivity contribution in [2.75, 3.05) is 13.7 Å². The Labute approximate surface area is 96.6 Å². The van der Waals surface area contributed by atoms with Gasteiger partial charge in [0.1, 0.15) is 11.3 Å². The molecule has 2 aromatic rings. The van der Waals surface area contributed by atoms with Crippen LogP contribution in [0.2, 0.25) is 0 Å². The Morgan fingerprint density at radius 3 is 2.88 bits per heavy atom. The molecule has 0 radical (unpaired) electrons. The average Bonchev–Trinajstić information content (AvgIpc) is 2.35. The van der Waals surface area contributed by atoms with Gasteiger partial charge in [-0.25, -0.2) is 9.59 Å². The Hall–Kier alpha value is -2.30. The Bertz CT molecular complexity index is 599. The molecule has 0 aliphatic rings. The van der Waals surface area contributed by atoms with E-state index in [4.69, 9.17) is 9.15 Å². The van der Waals surface area contributed by atoms with Crippen LogP contribution >= 0.6 is 0 Å². The van der Waals surface area contributed by atoms with E-state index in [2.05, 4.69) is 4.74 Å². The number of ether oxygens (including phenoxy) is 2. The lowest BCUT2D eigenvalue weighted by atomic mass is 10.2. The first kappa shape index (κ1) is 11.2. The fourth-order valence-corrected chi connectivity index (χ4v) is 1.34. The zero-order valence-corrected chi connectivity index (χ0v) is 9.14. The van der Waals surface area contributed by atoms with Crippen molar-refractivity contribution < 1.29 is 18.7 Å². The molecular weight excluding hydrogens is 224 g/mol. The highest BCUT2D eigenvalue weighted by atomic mass is 16.6. The summed E-state index contributed by atoms with van der Waals surface area (Å²) in [5.41, 5.74) is 0.0728. The van der Waals surface area contributed by atoms with Crippen molar-refractivity contribution >= 4 is 16.9 Å². The fraction of sp³-hybridized carbons (Fsp3) is 0.167. The molecule has 0 saturated carbocycles. The van der Waals surface area contributed by atoms with Gasteiger partial charge in [0, 0.05) is 11.5 Å². The van der Waals surface area contributed by atoms with Gasteiger partial charge in [-0.15, -0.1) is 0 Å². The number of hydrogen-bond acceptors (Lipinski definition) is 5. The number of benzene rings is 1. The third-order valence-electron chi connectivity index (χ3n) is 2.18. The maximum atomic E-state index is 11.0. The maximum absolute atomic E-state index is 11.0. The summed E-state index contributed by atoms with van der Waals surface area (Å²) < 4.78 is 14.6. The molecule has 0 amide bonds. The van der Waals surface area contributed by atoms with Gasteiger partial charge in [-0.3, -0.25) is 0 Å². The number of carbonyl (C=O) groups excluding carboxylic acids is 1. The van der Waals surface area contributed by atoms with Gasteiger partial charge >= 0.3 is 11.6 Å². The summed E-state index contributed by atoms with van der Waals surface area (Å²) in [6.07, 6.45) is 0. The molecule has 88 valence electrons. The minimum atomic E-state index is -0.454. The number of hydrogen-bond donors (Lipinski definition) is 0. The van der Waals surface area contributed by atoms with Crippen molar-refractivity contribution in [2.45, 2.75) is 0 Å². The third-order valence-corrected chi connectivity index (χ3v) is 2.18. The summed E-state index contributed by atoms with van der Waals surface area (Å²) in [5, 5.41) is 0.729. The van der Waals surface area contributed by atoms with Crippen molar-refractivity contribution in [3.05, 3.63) is 40.8 Å². The van der Waals surface area contributed by atoms with Crippen LogP contribution < -0.4 is 10.4 Å². The Balaban J connectivity index is 2.23. The Kier molecular flexibility index (Phi) is 3.09. The minimum Gasteiger partial charge on any atom is -0.482 e. The summed E-state index contributed by atoms with van der Waals surface area (Å²) in [5.74, 6) is 0.0569. The van der Waals surface area contributed by atoms with Crippen LogP contribution in [0.1, 0.15) is 0 Å². The van der Waals surface area contributed by atoms with E-state index in [1.807, 2.05) is 0 Å². The highest BCUT2D eigenvalue weighted by molar-refractivity contribution is 5.78. The van der Waals surface area contributed by atoms with E-state index in [0.29, 0.717) is 11.3 Å². The van der Waals surface area contributed by atoms with Crippen LogP contribution in [0.3, 0.4) is 0 Å². The molecule has 0 saturated heterocycles. The molecule has 0 aliphatic heterocycles. The second-order valence-corrected chi connectivity index (χ2v) is 3.32. The molecular formula is C12H10O5. The fourth-order valence-electron chi connectivity index (χ4n) is 1.34. The summed E-state index contributed by atoms with van der Waals surface area (Å²) in [7, 11) is 1.29. The SMILES string of the molecule is COC(=O)COc1ccc2oc(=O)ccc2c1. The Morgan fingerprint density at radius 1 is 1.29 bits per heavy atom. The van der Waals surface area contributed by atoms with E-state index in [9.17, 15) is 9.59 Å². The monoisotopic (exact) mass is 234 g/mol. The number of esters is 1. The molecule has 2 rings (SSSR count). The highest BCUT2D eigenvalue weighted by Gasteiger charge is 2.03. The van der Waals surface area contributed by atoms with Gasteiger partial charge in [-0.1, -0.05) is 0 Å². The van der Waals surface area contributed by atoms with Crippen molar-refractivity contribution in [1.29, 1.82) is 0 Å². The number of methoxy groups -OCH3 is 1. The molecule has 1 heterocycles. The van der Waals surface area contributed by atoms with E-state index in [-0.39, 0.29) is 6.61 Å². The van der Waals surface area contributed by atoms with E-state index >= 15 is 0 Å². The molecule has 0 N–H and O–H groups in total. The zero-order chi connectivity index (χ0) is 12.3. The standard InChI is InChI=1S/C12H10O5/c1-15-12(14)7-16-9-3-4-10-8(6-9)2-5-11(13)17-10/h2-6H,7H2,1H3.